The molecule has 1 heterocycles. The van der Waals surface area contributed by atoms with Gasteiger partial charge in [-0.05, 0) is 12.5 Å². The zero-order valence-electron chi connectivity index (χ0n) is 11.2. The Morgan fingerprint density at radius 3 is 2.31 bits per heavy atom. The first-order chi connectivity index (χ1) is 6.77. The van der Waals surface area contributed by atoms with Gasteiger partial charge in [0.05, 0.1) is 0 Å². The Balaban J connectivity index is -0.000000399. The molecule has 0 spiro atoms. The van der Waals surface area contributed by atoms with Gasteiger partial charge in [-0.3, -0.25) is 0 Å². The van der Waals surface area contributed by atoms with E-state index in [1.807, 2.05) is 13.8 Å². The summed E-state index contributed by atoms with van der Waals surface area (Å²) in [7, 11) is 0. The van der Waals surface area contributed by atoms with Crippen LogP contribution in [0.1, 0.15) is 20.3 Å². The number of rotatable bonds is 2. The Kier molecular flexibility index (Phi) is 18.5. The summed E-state index contributed by atoms with van der Waals surface area (Å²) in [6, 6.07) is 0.278. The Morgan fingerprint density at radius 2 is 2.00 bits per heavy atom. The summed E-state index contributed by atoms with van der Waals surface area (Å²) >= 11 is 0. The van der Waals surface area contributed by atoms with Gasteiger partial charge in [0, 0.05) is 25.3 Å². The van der Waals surface area contributed by atoms with Crippen molar-refractivity contribution < 1.29 is 51.4 Å². The number of likely N-dealkylation sites (tertiary alicyclic amines) is 1. The Labute approximate surface area is 143 Å². The number of hydrogen-bond donors (Lipinski definition) is 1. The molecule has 3 nitrogen and oxygen atoms in total. The minimum atomic E-state index is 0. The van der Waals surface area contributed by atoms with Crippen LogP contribution in [0.2, 0.25) is 0 Å². The molecule has 0 saturated carbocycles. The van der Waals surface area contributed by atoms with Crippen molar-refractivity contribution in [3.8, 4) is 0 Å². The van der Waals surface area contributed by atoms with Crippen LogP contribution in [-0.2, 0) is 0 Å². The van der Waals surface area contributed by atoms with Gasteiger partial charge in [0.1, 0.15) is 5.84 Å². The van der Waals surface area contributed by atoms with E-state index in [1.165, 1.54) is 6.20 Å². The fourth-order valence-corrected chi connectivity index (χ4v) is 1.35. The summed E-state index contributed by atoms with van der Waals surface area (Å²) < 4.78 is 0. The Hall–Kier alpha value is 0.546. The normalized spacial score (nSPS) is 18.6. The fraction of sp³-hybridized carbons (Fsp3) is 0.500. The number of hydrogen-bond acceptors (Lipinski definition) is 2. The van der Waals surface area contributed by atoms with Crippen molar-refractivity contribution in [1.82, 2.24) is 4.90 Å². The molecule has 0 aromatic rings. The van der Waals surface area contributed by atoms with Crippen molar-refractivity contribution in [2.45, 2.75) is 26.3 Å². The van der Waals surface area contributed by atoms with Crippen molar-refractivity contribution in [2.75, 3.05) is 13.1 Å². The number of nitrogens with zero attached hydrogens (tertiary/aromatic N) is 2. The minimum absolute atomic E-state index is 0. The molecule has 0 aliphatic carbocycles. The zero-order valence-corrected chi connectivity index (χ0v) is 14.4. The summed E-state index contributed by atoms with van der Waals surface area (Å²) in [4.78, 5) is 6.22. The molecule has 1 fully saturated rings. The van der Waals surface area contributed by atoms with Crippen LogP contribution in [0.15, 0.2) is 30.4 Å². The van der Waals surface area contributed by atoms with Gasteiger partial charge in [-0.25, -0.2) is 4.99 Å². The quantitative estimate of drug-likeness (QED) is 0.302. The maximum absolute atomic E-state index is 5.76. The largest absolute Gasteiger partial charge is 1.00 e. The molecule has 4 heteroatoms. The third-order valence-electron chi connectivity index (χ3n) is 1.95. The van der Waals surface area contributed by atoms with E-state index in [9.17, 15) is 0 Å². The van der Waals surface area contributed by atoms with Crippen molar-refractivity contribution in [2.24, 2.45) is 10.7 Å². The van der Waals surface area contributed by atoms with Gasteiger partial charge in [0.2, 0.25) is 0 Å². The first-order valence-corrected chi connectivity index (χ1v) is 5.09. The van der Waals surface area contributed by atoms with E-state index < -0.39 is 0 Å². The molecule has 0 aromatic heterocycles. The van der Waals surface area contributed by atoms with E-state index in [4.69, 9.17) is 5.73 Å². The van der Waals surface area contributed by atoms with Crippen LogP contribution in [-0.4, -0.2) is 29.9 Å². The predicted molar refractivity (Wildman–Crippen MR) is 69.8 cm³/mol. The van der Waals surface area contributed by atoms with Gasteiger partial charge in [-0.1, -0.05) is 27.0 Å². The van der Waals surface area contributed by atoms with Crippen LogP contribution >= 0.6 is 0 Å². The summed E-state index contributed by atoms with van der Waals surface area (Å²) in [6.45, 7) is 13.1. The van der Waals surface area contributed by atoms with Gasteiger partial charge in [0.15, 0.2) is 0 Å². The predicted octanol–water partition coefficient (Wildman–Crippen LogP) is -0.772. The molecule has 0 bridgehead atoms. The molecule has 0 radical (unpaired) electrons. The van der Waals surface area contributed by atoms with Crippen molar-refractivity contribution in [3.63, 3.8) is 0 Å². The molecule has 1 saturated heterocycles. The van der Waals surface area contributed by atoms with Gasteiger partial charge >= 0.3 is 51.4 Å². The van der Waals surface area contributed by atoms with Crippen LogP contribution in [0.4, 0.5) is 0 Å². The monoisotopic (exact) mass is 249 g/mol. The van der Waals surface area contributed by atoms with Gasteiger partial charge in [0.25, 0.3) is 0 Å². The maximum Gasteiger partial charge on any atom is 1.00 e. The van der Waals surface area contributed by atoms with E-state index in [0.29, 0.717) is 0 Å². The molecule has 2 N–H and O–H groups in total. The second-order valence-corrected chi connectivity index (χ2v) is 2.87. The maximum atomic E-state index is 5.76. The van der Waals surface area contributed by atoms with Gasteiger partial charge < -0.3 is 18.1 Å². The smallest absolute Gasteiger partial charge is 0.358 e. The van der Waals surface area contributed by atoms with Crippen LogP contribution in [0.5, 0.6) is 0 Å². The average molecular weight is 249 g/mol. The summed E-state index contributed by atoms with van der Waals surface area (Å²) in [5.74, 6) is 0.873. The number of nitrogens with two attached hydrogens (primary N) is 1. The molecule has 1 aliphatic rings. The van der Waals surface area contributed by atoms with E-state index in [0.717, 1.165) is 25.3 Å². The van der Waals surface area contributed by atoms with Crippen LogP contribution in [0.25, 0.3) is 0 Å². The molecule has 0 amide bonds. The average Bonchev–Trinajstić information content (AvgIpc) is 2.64. The zero-order chi connectivity index (χ0) is 11.0. The molecule has 1 aliphatic heterocycles. The summed E-state index contributed by atoms with van der Waals surface area (Å²) in [5, 5.41) is 0. The van der Waals surface area contributed by atoms with Gasteiger partial charge in [-0.15, -0.1) is 0 Å². The third kappa shape index (κ3) is 7.76. The Morgan fingerprint density at radius 1 is 1.44 bits per heavy atom. The van der Waals surface area contributed by atoms with Crippen LogP contribution in [0.3, 0.4) is 0 Å². The summed E-state index contributed by atoms with van der Waals surface area (Å²) in [5.41, 5.74) is 5.76. The van der Waals surface area contributed by atoms with E-state index in [2.05, 4.69) is 23.1 Å². The van der Waals surface area contributed by atoms with E-state index in [1.54, 1.807) is 6.08 Å². The molecule has 1 unspecified atom stereocenters. The van der Waals surface area contributed by atoms with Gasteiger partial charge in [-0.2, -0.15) is 0 Å². The van der Waals surface area contributed by atoms with E-state index >= 15 is 0 Å². The van der Waals surface area contributed by atoms with Crippen molar-refractivity contribution in [3.05, 3.63) is 32.9 Å². The molecule has 88 valence electrons. The van der Waals surface area contributed by atoms with Crippen molar-refractivity contribution >= 4 is 5.84 Å². The standard InChI is InChI=1S/C9H15N3.C2H6.CH3.K/c1-3-9(11-4-2)12-6-5-8(10)7-12;1-2;;/h3-4,8H,1-2,5-7,10H2;1-2H3;1H3;/q;;-1;+1. The minimum Gasteiger partial charge on any atom is -0.358 e. The number of aliphatic imine (C=N–C) groups is 1. The first kappa shape index (κ1) is 21.8. The topological polar surface area (TPSA) is 41.6 Å². The van der Waals surface area contributed by atoms with Crippen LogP contribution < -0.4 is 57.1 Å². The molecule has 1 rings (SSSR count). The summed E-state index contributed by atoms with van der Waals surface area (Å²) in [6.07, 6.45) is 4.30. The number of amidine groups is 1. The fourth-order valence-electron chi connectivity index (χ4n) is 1.35. The molecule has 16 heavy (non-hydrogen) atoms. The SMILES string of the molecule is C=CN=C(C=C)N1CCC(N)C1.CC.[CH3-].[K+]. The molecule has 0 aromatic carbocycles. The van der Waals surface area contributed by atoms with Crippen molar-refractivity contribution in [1.29, 1.82) is 0 Å². The second-order valence-electron chi connectivity index (χ2n) is 2.87. The molecule has 1 atom stereocenters. The molecular weight excluding hydrogens is 225 g/mol. The van der Waals surface area contributed by atoms with Crippen LogP contribution in [0, 0.1) is 7.43 Å². The molecular formula is C12H24KN3. The first-order valence-electron chi connectivity index (χ1n) is 5.09. The Bertz CT molecular complexity index is 214. The van der Waals surface area contributed by atoms with E-state index in [-0.39, 0.29) is 64.9 Å². The second kappa shape index (κ2) is 13.6. The third-order valence-corrected chi connectivity index (χ3v) is 1.95.